The van der Waals surface area contributed by atoms with E-state index in [9.17, 15) is 24.2 Å². The van der Waals surface area contributed by atoms with Gasteiger partial charge in [-0.05, 0) is 60.4 Å². The van der Waals surface area contributed by atoms with E-state index in [1.165, 1.54) is 29.5 Å². The highest BCUT2D eigenvalue weighted by Crippen LogP contribution is 2.36. The van der Waals surface area contributed by atoms with Crippen LogP contribution in [0, 0.1) is 29.5 Å². The zero-order valence-corrected chi connectivity index (χ0v) is 28.3. The average Bonchev–Trinajstić information content (AvgIpc) is 3.96. The number of nitrogens with zero attached hydrogens (tertiary/aromatic N) is 6. The van der Waals surface area contributed by atoms with Crippen molar-refractivity contribution in [2.75, 3.05) is 0 Å². The fourth-order valence-corrected chi connectivity index (χ4v) is 6.19. The molecule has 4 aromatic carbocycles. The van der Waals surface area contributed by atoms with Gasteiger partial charge in [-0.1, -0.05) is 68.3 Å². The summed E-state index contributed by atoms with van der Waals surface area (Å²) in [5.74, 6) is 7.74. The van der Waals surface area contributed by atoms with Crippen molar-refractivity contribution < 1.29 is 38.1 Å². The van der Waals surface area contributed by atoms with E-state index in [0.717, 1.165) is 21.9 Å². The lowest BCUT2D eigenvalue weighted by Crippen LogP contribution is -2.00. The number of carbonyl (C=O) groups is 2. The number of aromatic carboxylic acids is 2. The molecule has 0 saturated carbocycles. The molecule has 262 valence electrons. The van der Waals surface area contributed by atoms with E-state index >= 15 is 0 Å². The standard InChI is InChI=1S/C36H16ClFN8O7S/c37-19-13-18(14-20(16-19)51-33-30(35(47)48)41-45-43-33)9-12-28-40-29-21(3-2-6-26(29)54-28)22-4-1-5-24-32(22)53-27(39-24)11-8-17-7-10-25(23(38)15-17)52-34-31(36(49)50)42-46-44-34/h1-7,10,13-16H,(H,47,48)(H,49,50)(H,41,43,45)(H,42,44,46). The Kier molecular flexibility index (Phi) is 8.60. The van der Waals surface area contributed by atoms with Crippen LogP contribution in [0.15, 0.2) is 77.2 Å². The first-order valence-corrected chi connectivity index (χ1v) is 16.5. The number of carboxylic acid groups (broad SMARTS) is 2. The summed E-state index contributed by atoms with van der Waals surface area (Å²) in [5, 5.41) is 37.8. The summed E-state index contributed by atoms with van der Waals surface area (Å²) in [6.45, 7) is 0. The fourth-order valence-electron chi connectivity index (χ4n) is 5.11. The predicted molar refractivity (Wildman–Crippen MR) is 189 cm³/mol. The highest BCUT2D eigenvalue weighted by atomic mass is 35.5. The highest BCUT2D eigenvalue weighted by molar-refractivity contribution is 7.19. The number of ether oxygens (including phenoxy) is 2. The second-order valence-corrected chi connectivity index (χ2v) is 12.4. The van der Waals surface area contributed by atoms with Gasteiger partial charge in [-0.2, -0.15) is 0 Å². The van der Waals surface area contributed by atoms with Crippen LogP contribution in [0.2, 0.25) is 5.02 Å². The van der Waals surface area contributed by atoms with Crippen molar-refractivity contribution in [3.63, 3.8) is 0 Å². The number of aromatic amines is 2. The number of carboxylic acids is 2. The quantitative estimate of drug-likeness (QED) is 0.122. The minimum Gasteiger partial charge on any atom is -0.476 e. The van der Waals surface area contributed by atoms with Crippen LogP contribution in [0.25, 0.3) is 32.4 Å². The van der Waals surface area contributed by atoms with Crippen LogP contribution in [0.1, 0.15) is 43.0 Å². The number of thiazole rings is 1. The van der Waals surface area contributed by atoms with Gasteiger partial charge in [-0.3, -0.25) is 0 Å². The molecule has 0 radical (unpaired) electrons. The molecule has 8 aromatic rings. The smallest absolute Gasteiger partial charge is 0.359 e. The molecule has 4 heterocycles. The van der Waals surface area contributed by atoms with Gasteiger partial charge in [0.05, 0.1) is 10.2 Å². The third-order valence-corrected chi connectivity index (χ3v) is 8.59. The summed E-state index contributed by atoms with van der Waals surface area (Å²) in [7, 11) is 0. The van der Waals surface area contributed by atoms with Crippen LogP contribution in [0.5, 0.6) is 23.3 Å². The number of H-pyrrole nitrogens is 2. The fraction of sp³-hybridized carbons (Fsp3) is 0. The number of rotatable bonds is 7. The Morgan fingerprint density at radius 2 is 1.52 bits per heavy atom. The zero-order valence-electron chi connectivity index (χ0n) is 26.7. The van der Waals surface area contributed by atoms with Crippen molar-refractivity contribution >= 4 is 56.2 Å². The molecule has 0 spiro atoms. The van der Waals surface area contributed by atoms with Gasteiger partial charge in [0.15, 0.2) is 22.2 Å². The van der Waals surface area contributed by atoms with Crippen molar-refractivity contribution in [2.45, 2.75) is 0 Å². The van der Waals surface area contributed by atoms with E-state index in [1.54, 1.807) is 18.2 Å². The molecule has 0 atom stereocenters. The summed E-state index contributed by atoms with van der Waals surface area (Å²) in [4.78, 5) is 31.9. The Labute approximate surface area is 309 Å². The van der Waals surface area contributed by atoms with Gasteiger partial charge in [0.25, 0.3) is 17.7 Å². The Hall–Kier alpha value is -7.60. The highest BCUT2D eigenvalue weighted by Gasteiger charge is 2.20. The van der Waals surface area contributed by atoms with Crippen molar-refractivity contribution in [1.82, 2.24) is 40.8 Å². The second-order valence-electron chi connectivity index (χ2n) is 11.0. The first kappa shape index (κ1) is 33.5. The van der Waals surface area contributed by atoms with E-state index in [1.807, 2.05) is 30.3 Å². The summed E-state index contributed by atoms with van der Waals surface area (Å²) in [6.07, 6.45) is 0. The van der Waals surface area contributed by atoms with Gasteiger partial charge in [0.1, 0.15) is 11.3 Å². The van der Waals surface area contributed by atoms with Crippen LogP contribution >= 0.6 is 22.9 Å². The number of halogens is 2. The van der Waals surface area contributed by atoms with Crippen LogP contribution in [0.4, 0.5) is 4.39 Å². The van der Waals surface area contributed by atoms with Crippen molar-refractivity contribution in [3.05, 3.63) is 117 Å². The van der Waals surface area contributed by atoms with Crippen LogP contribution < -0.4 is 9.47 Å². The molecule has 0 aliphatic heterocycles. The van der Waals surface area contributed by atoms with E-state index < -0.39 is 23.4 Å². The third kappa shape index (κ3) is 6.74. The first-order chi connectivity index (χ1) is 26.2. The van der Waals surface area contributed by atoms with E-state index in [2.05, 4.69) is 59.5 Å². The molecule has 15 nitrogen and oxygen atoms in total. The Balaban J connectivity index is 1.05. The van der Waals surface area contributed by atoms with Gasteiger partial charge in [0.2, 0.25) is 11.4 Å². The molecule has 8 rings (SSSR count). The number of benzene rings is 4. The Morgan fingerprint density at radius 1 is 0.796 bits per heavy atom. The van der Waals surface area contributed by atoms with Crippen molar-refractivity contribution in [2.24, 2.45) is 0 Å². The summed E-state index contributed by atoms with van der Waals surface area (Å²) >= 11 is 7.68. The minimum atomic E-state index is -1.36. The number of nitrogens with one attached hydrogen (secondary N) is 2. The lowest BCUT2D eigenvalue weighted by atomic mass is 10.0. The van der Waals surface area contributed by atoms with Gasteiger partial charge in [-0.25, -0.2) is 34.1 Å². The molecule has 54 heavy (non-hydrogen) atoms. The number of hydrogen-bond donors (Lipinski definition) is 4. The SMILES string of the molecule is O=C(O)c1[nH]nnc1Oc1cc(Cl)cc(C#Cc2nc3c(-c4cccc5nc(C#Cc6ccc(Oc7nn[nH]c7C(=O)O)c(F)c6)oc45)cccc3s2)c1. The van der Waals surface area contributed by atoms with Gasteiger partial charge in [-0.15, -0.1) is 11.3 Å². The molecule has 0 saturated heterocycles. The van der Waals surface area contributed by atoms with E-state index in [4.69, 9.17) is 30.5 Å². The lowest BCUT2D eigenvalue weighted by molar-refractivity contribution is 0.0676. The normalized spacial score (nSPS) is 10.8. The molecule has 4 aromatic heterocycles. The molecule has 4 N–H and O–H groups in total. The van der Waals surface area contributed by atoms with E-state index in [0.29, 0.717) is 32.2 Å². The number of hydrogen-bond acceptors (Lipinski definition) is 12. The molecule has 18 heteroatoms. The number of para-hydroxylation sites is 2. The Morgan fingerprint density at radius 3 is 2.28 bits per heavy atom. The molecular formula is C36H16ClFN8O7S. The number of fused-ring (bicyclic) bond motifs is 2. The van der Waals surface area contributed by atoms with E-state index in [-0.39, 0.29) is 40.4 Å². The monoisotopic (exact) mass is 758 g/mol. The van der Waals surface area contributed by atoms with Gasteiger partial charge in [0, 0.05) is 27.3 Å². The largest absolute Gasteiger partial charge is 0.476 e. The lowest BCUT2D eigenvalue weighted by Gasteiger charge is -2.04. The maximum atomic E-state index is 14.8. The molecule has 0 fully saturated rings. The minimum absolute atomic E-state index is 0.0940. The zero-order chi connectivity index (χ0) is 37.3. The van der Waals surface area contributed by atoms with Crippen LogP contribution in [-0.4, -0.2) is 62.9 Å². The van der Waals surface area contributed by atoms with Gasteiger partial charge >= 0.3 is 11.9 Å². The maximum Gasteiger partial charge on any atom is 0.359 e. The van der Waals surface area contributed by atoms with Crippen LogP contribution in [-0.2, 0) is 0 Å². The molecule has 0 amide bonds. The van der Waals surface area contributed by atoms with Crippen molar-refractivity contribution in [1.29, 1.82) is 0 Å². The molecular weight excluding hydrogens is 743 g/mol. The summed E-state index contributed by atoms with van der Waals surface area (Å²) in [5.41, 5.74) is 3.23. The molecule has 0 aliphatic rings. The molecule has 0 unspecified atom stereocenters. The number of oxazole rings is 1. The summed E-state index contributed by atoms with van der Waals surface area (Å²) in [6, 6.07) is 19.8. The van der Waals surface area contributed by atoms with Crippen LogP contribution in [0.3, 0.4) is 0 Å². The first-order valence-electron chi connectivity index (χ1n) is 15.3. The van der Waals surface area contributed by atoms with Crippen molar-refractivity contribution in [3.8, 4) is 58.1 Å². The summed E-state index contributed by atoms with van der Waals surface area (Å²) < 4.78 is 32.6. The predicted octanol–water partition coefficient (Wildman–Crippen LogP) is 6.91. The average molecular weight is 759 g/mol. The molecule has 0 bridgehead atoms. The molecule has 0 aliphatic carbocycles. The Bertz CT molecular complexity index is 2930. The van der Waals surface area contributed by atoms with Gasteiger partial charge < -0.3 is 24.1 Å². The second kappa shape index (κ2) is 13.8. The number of aromatic nitrogens is 8. The third-order valence-electron chi connectivity index (χ3n) is 7.44. The topological polar surface area (TPSA) is 215 Å². The maximum absolute atomic E-state index is 14.8.